The summed E-state index contributed by atoms with van der Waals surface area (Å²) in [6, 6.07) is 6.70. The van der Waals surface area contributed by atoms with Crippen molar-refractivity contribution in [2.45, 2.75) is 52.0 Å². The number of carbonyl (C=O) groups excluding carboxylic acids is 2. The fourth-order valence-corrected chi connectivity index (χ4v) is 3.00. The van der Waals surface area contributed by atoms with E-state index < -0.39 is 6.04 Å². The summed E-state index contributed by atoms with van der Waals surface area (Å²) in [5, 5.41) is 5.30. The van der Waals surface area contributed by atoms with E-state index in [0.29, 0.717) is 11.6 Å². The number of hydrogen-bond donors (Lipinski definition) is 3. The van der Waals surface area contributed by atoms with Crippen LogP contribution in [0.5, 0.6) is 5.75 Å². The van der Waals surface area contributed by atoms with Gasteiger partial charge >= 0.3 is 0 Å². The number of amides is 2. The number of rotatable bonds is 8. The van der Waals surface area contributed by atoms with Gasteiger partial charge in [0.25, 0.3) is 0 Å². The maximum absolute atomic E-state index is 11.9. The number of anilines is 1. The minimum atomic E-state index is -0.608. The Labute approximate surface area is 155 Å². The average Bonchev–Trinajstić information content (AvgIpc) is 2.65. The van der Waals surface area contributed by atoms with Crippen molar-refractivity contribution in [1.82, 2.24) is 5.32 Å². The van der Waals surface area contributed by atoms with Crippen molar-refractivity contribution in [2.24, 2.45) is 17.6 Å². The first-order valence-electron chi connectivity index (χ1n) is 9.51. The third-order valence-corrected chi connectivity index (χ3v) is 4.79. The summed E-state index contributed by atoms with van der Waals surface area (Å²) < 4.78 is 5.85. The second-order valence-corrected chi connectivity index (χ2v) is 7.38. The summed E-state index contributed by atoms with van der Waals surface area (Å²) in [6.45, 7) is 4.39. The number of hydrogen-bond acceptors (Lipinski definition) is 4. The van der Waals surface area contributed by atoms with Crippen molar-refractivity contribution in [2.75, 3.05) is 18.5 Å². The predicted octanol–water partition coefficient (Wildman–Crippen LogP) is 2.68. The number of carbonyl (C=O) groups is 2. The van der Waals surface area contributed by atoms with Crippen LogP contribution in [-0.2, 0) is 9.59 Å². The summed E-state index contributed by atoms with van der Waals surface area (Å²) in [6.07, 6.45) is 6.45. The molecule has 1 aromatic rings. The monoisotopic (exact) mass is 361 g/mol. The molecular formula is C20H31N3O3. The van der Waals surface area contributed by atoms with Gasteiger partial charge in [0.05, 0.1) is 19.2 Å². The molecule has 1 aliphatic carbocycles. The summed E-state index contributed by atoms with van der Waals surface area (Å²) in [5.41, 5.74) is 6.41. The molecule has 0 saturated heterocycles. The zero-order valence-corrected chi connectivity index (χ0v) is 15.8. The molecule has 2 rings (SSSR count). The van der Waals surface area contributed by atoms with Crippen molar-refractivity contribution in [3.8, 4) is 5.75 Å². The van der Waals surface area contributed by atoms with Crippen molar-refractivity contribution in [3.05, 3.63) is 24.3 Å². The third kappa shape index (κ3) is 6.67. The normalized spacial score (nSPS) is 16.2. The van der Waals surface area contributed by atoms with E-state index in [-0.39, 0.29) is 24.3 Å². The maximum Gasteiger partial charge on any atom is 0.243 e. The second-order valence-electron chi connectivity index (χ2n) is 7.38. The molecule has 4 N–H and O–H groups in total. The van der Waals surface area contributed by atoms with Crippen molar-refractivity contribution < 1.29 is 14.3 Å². The molecule has 0 spiro atoms. The van der Waals surface area contributed by atoms with Crippen molar-refractivity contribution in [3.63, 3.8) is 0 Å². The Morgan fingerprint density at radius 2 is 1.81 bits per heavy atom. The smallest absolute Gasteiger partial charge is 0.243 e. The van der Waals surface area contributed by atoms with Crippen LogP contribution in [0.1, 0.15) is 46.0 Å². The molecule has 1 fully saturated rings. The Hall–Kier alpha value is -2.08. The van der Waals surface area contributed by atoms with Gasteiger partial charge in [-0.2, -0.15) is 0 Å². The van der Waals surface area contributed by atoms with Crippen LogP contribution in [0.2, 0.25) is 0 Å². The molecule has 1 atom stereocenters. The lowest BCUT2D eigenvalue weighted by molar-refractivity contribution is -0.125. The Morgan fingerprint density at radius 1 is 1.15 bits per heavy atom. The molecule has 2 amide bonds. The zero-order chi connectivity index (χ0) is 18.9. The minimum absolute atomic E-state index is 0.0271. The van der Waals surface area contributed by atoms with Gasteiger partial charge in [-0.15, -0.1) is 0 Å². The number of nitrogens with one attached hydrogen (secondary N) is 2. The molecule has 6 nitrogen and oxygen atoms in total. The summed E-state index contributed by atoms with van der Waals surface area (Å²) >= 11 is 0. The van der Waals surface area contributed by atoms with Crippen LogP contribution in [0.4, 0.5) is 5.69 Å². The Bertz CT molecular complexity index is 580. The molecule has 0 bridgehead atoms. The van der Waals surface area contributed by atoms with Gasteiger partial charge in [-0.1, -0.05) is 33.1 Å². The van der Waals surface area contributed by atoms with E-state index in [4.69, 9.17) is 10.5 Å². The topological polar surface area (TPSA) is 93.5 Å². The number of nitrogens with two attached hydrogens (primary N) is 1. The highest BCUT2D eigenvalue weighted by Gasteiger charge is 2.17. The lowest BCUT2D eigenvalue weighted by atomic mass is 9.90. The van der Waals surface area contributed by atoms with Gasteiger partial charge in [-0.05, 0) is 48.9 Å². The van der Waals surface area contributed by atoms with E-state index in [1.807, 2.05) is 26.0 Å². The van der Waals surface area contributed by atoms with Gasteiger partial charge in [0.15, 0.2) is 0 Å². The zero-order valence-electron chi connectivity index (χ0n) is 15.8. The van der Waals surface area contributed by atoms with Crippen molar-refractivity contribution in [1.29, 1.82) is 0 Å². The van der Waals surface area contributed by atoms with Gasteiger partial charge in [0.2, 0.25) is 11.8 Å². The van der Waals surface area contributed by atoms with Gasteiger partial charge in [-0.3, -0.25) is 9.59 Å². The van der Waals surface area contributed by atoms with Gasteiger partial charge in [0, 0.05) is 5.69 Å². The van der Waals surface area contributed by atoms with E-state index in [0.717, 1.165) is 12.4 Å². The Kier molecular flexibility index (Phi) is 7.91. The summed E-state index contributed by atoms with van der Waals surface area (Å²) in [5.74, 6) is 0.889. The Morgan fingerprint density at radius 3 is 2.42 bits per heavy atom. The molecule has 0 heterocycles. The average molecular weight is 361 g/mol. The molecule has 1 aromatic carbocycles. The quantitative estimate of drug-likeness (QED) is 0.664. The predicted molar refractivity (Wildman–Crippen MR) is 103 cm³/mol. The van der Waals surface area contributed by atoms with E-state index in [9.17, 15) is 9.59 Å². The highest BCUT2D eigenvalue weighted by Crippen LogP contribution is 2.25. The third-order valence-electron chi connectivity index (χ3n) is 4.79. The molecule has 1 aliphatic rings. The fourth-order valence-electron chi connectivity index (χ4n) is 3.00. The molecule has 1 saturated carbocycles. The van der Waals surface area contributed by atoms with Gasteiger partial charge in [0.1, 0.15) is 5.75 Å². The molecule has 144 valence electrons. The first-order chi connectivity index (χ1) is 12.5. The van der Waals surface area contributed by atoms with E-state index in [1.165, 1.54) is 32.1 Å². The molecule has 0 aliphatic heterocycles. The van der Waals surface area contributed by atoms with Crippen LogP contribution < -0.4 is 21.1 Å². The van der Waals surface area contributed by atoms with E-state index in [2.05, 4.69) is 10.6 Å². The summed E-state index contributed by atoms with van der Waals surface area (Å²) in [7, 11) is 0. The first-order valence-corrected chi connectivity index (χ1v) is 9.51. The van der Waals surface area contributed by atoms with Crippen molar-refractivity contribution >= 4 is 17.5 Å². The SMILES string of the molecule is CC(C)[C@H](N)C(=O)NCC(=O)Nc1ccc(OCC2CCCCC2)cc1. The van der Waals surface area contributed by atoms with E-state index >= 15 is 0 Å². The van der Waals surface area contributed by atoms with Gasteiger partial charge < -0.3 is 21.1 Å². The van der Waals surface area contributed by atoms with Crippen LogP contribution in [0.25, 0.3) is 0 Å². The molecule has 26 heavy (non-hydrogen) atoms. The minimum Gasteiger partial charge on any atom is -0.493 e. The largest absolute Gasteiger partial charge is 0.493 e. The van der Waals surface area contributed by atoms with Crippen LogP contribution in [0, 0.1) is 11.8 Å². The highest BCUT2D eigenvalue weighted by atomic mass is 16.5. The fraction of sp³-hybridized carbons (Fsp3) is 0.600. The molecule has 0 aromatic heterocycles. The lowest BCUT2D eigenvalue weighted by Crippen LogP contribution is -2.46. The number of benzene rings is 1. The van der Waals surface area contributed by atoms with E-state index in [1.54, 1.807) is 12.1 Å². The van der Waals surface area contributed by atoms with Crippen LogP contribution >= 0.6 is 0 Å². The van der Waals surface area contributed by atoms with Crippen LogP contribution in [-0.4, -0.2) is 31.0 Å². The summed E-state index contributed by atoms with van der Waals surface area (Å²) in [4.78, 5) is 23.7. The molecule has 0 unspecified atom stereocenters. The van der Waals surface area contributed by atoms with Crippen LogP contribution in [0.3, 0.4) is 0 Å². The standard InChI is InChI=1S/C20H31N3O3/c1-14(2)19(21)20(25)22-12-18(24)23-16-8-10-17(11-9-16)26-13-15-6-4-3-5-7-15/h8-11,14-15,19H,3-7,12-13,21H2,1-2H3,(H,22,25)(H,23,24)/t19-/m0/s1. The number of ether oxygens (including phenoxy) is 1. The Balaban J connectivity index is 1.72. The lowest BCUT2D eigenvalue weighted by Gasteiger charge is -2.21. The maximum atomic E-state index is 11.9. The molecule has 6 heteroatoms. The molecular weight excluding hydrogens is 330 g/mol. The second kappa shape index (κ2) is 10.2. The van der Waals surface area contributed by atoms with Crippen LogP contribution in [0.15, 0.2) is 24.3 Å². The van der Waals surface area contributed by atoms with Gasteiger partial charge in [-0.25, -0.2) is 0 Å². The highest BCUT2D eigenvalue weighted by molar-refractivity contribution is 5.95. The molecule has 0 radical (unpaired) electrons. The first kappa shape index (κ1) is 20.2.